The van der Waals surface area contributed by atoms with E-state index in [1.165, 1.54) is 0 Å². The Morgan fingerprint density at radius 2 is 2.14 bits per heavy atom. The van der Waals surface area contributed by atoms with Gasteiger partial charge in [0.2, 0.25) is 0 Å². The van der Waals surface area contributed by atoms with Crippen molar-refractivity contribution in [1.29, 1.82) is 0 Å². The molecule has 3 N–H and O–H groups in total. The SMILES string of the molecule is COCC1(C(=O)O)CCC(CN)CC1. The molecule has 0 radical (unpaired) electrons. The number of methoxy groups -OCH3 is 1. The lowest BCUT2D eigenvalue weighted by atomic mass is 9.71. The van der Waals surface area contributed by atoms with Crippen LogP contribution in [0.1, 0.15) is 25.7 Å². The number of hydrogen-bond acceptors (Lipinski definition) is 3. The van der Waals surface area contributed by atoms with Gasteiger partial charge >= 0.3 is 5.97 Å². The van der Waals surface area contributed by atoms with Gasteiger partial charge in [-0.25, -0.2) is 0 Å². The maximum absolute atomic E-state index is 11.1. The smallest absolute Gasteiger partial charge is 0.311 e. The zero-order valence-electron chi connectivity index (χ0n) is 8.66. The van der Waals surface area contributed by atoms with Crippen molar-refractivity contribution in [2.45, 2.75) is 25.7 Å². The van der Waals surface area contributed by atoms with E-state index in [1.54, 1.807) is 7.11 Å². The number of carboxylic acid groups (broad SMARTS) is 1. The summed E-state index contributed by atoms with van der Waals surface area (Å²) in [5.41, 5.74) is 4.91. The first kappa shape index (κ1) is 11.5. The second kappa shape index (κ2) is 4.75. The summed E-state index contributed by atoms with van der Waals surface area (Å²) in [6, 6.07) is 0. The molecule has 0 heterocycles. The van der Waals surface area contributed by atoms with Crippen LogP contribution in [0.5, 0.6) is 0 Å². The van der Waals surface area contributed by atoms with Crippen LogP contribution < -0.4 is 5.73 Å². The minimum atomic E-state index is -0.727. The lowest BCUT2D eigenvalue weighted by molar-refractivity contribution is -0.155. The summed E-state index contributed by atoms with van der Waals surface area (Å²) in [5, 5.41) is 9.17. The van der Waals surface area contributed by atoms with Crippen molar-refractivity contribution >= 4 is 5.97 Å². The molecule has 0 spiro atoms. The number of ether oxygens (including phenoxy) is 1. The monoisotopic (exact) mass is 201 g/mol. The quantitative estimate of drug-likeness (QED) is 0.707. The molecule has 0 aromatic heterocycles. The highest BCUT2D eigenvalue weighted by Crippen LogP contribution is 2.39. The zero-order valence-corrected chi connectivity index (χ0v) is 8.66. The zero-order chi connectivity index (χ0) is 10.6. The molecule has 4 nitrogen and oxygen atoms in total. The van der Waals surface area contributed by atoms with E-state index >= 15 is 0 Å². The minimum absolute atomic E-state index is 0.319. The third kappa shape index (κ3) is 2.25. The first-order valence-electron chi connectivity index (χ1n) is 5.07. The van der Waals surface area contributed by atoms with Gasteiger partial charge in [0.05, 0.1) is 12.0 Å². The third-order valence-electron chi connectivity index (χ3n) is 3.27. The fourth-order valence-corrected chi connectivity index (χ4v) is 2.16. The molecule has 1 fully saturated rings. The second-order valence-corrected chi connectivity index (χ2v) is 4.20. The number of hydrogen-bond donors (Lipinski definition) is 2. The molecule has 0 atom stereocenters. The third-order valence-corrected chi connectivity index (χ3v) is 3.27. The van der Waals surface area contributed by atoms with Gasteiger partial charge in [0.25, 0.3) is 0 Å². The average molecular weight is 201 g/mol. The molecule has 0 aromatic rings. The van der Waals surface area contributed by atoms with Crippen LogP contribution in [0.2, 0.25) is 0 Å². The molecule has 1 aliphatic rings. The molecule has 82 valence electrons. The van der Waals surface area contributed by atoms with E-state index in [0.717, 1.165) is 12.8 Å². The molecule has 0 saturated heterocycles. The minimum Gasteiger partial charge on any atom is -0.481 e. The number of rotatable bonds is 4. The van der Waals surface area contributed by atoms with E-state index in [1.807, 2.05) is 0 Å². The van der Waals surface area contributed by atoms with Crippen molar-refractivity contribution < 1.29 is 14.6 Å². The molecule has 4 heteroatoms. The van der Waals surface area contributed by atoms with E-state index in [-0.39, 0.29) is 0 Å². The maximum atomic E-state index is 11.1. The van der Waals surface area contributed by atoms with Gasteiger partial charge in [-0.1, -0.05) is 0 Å². The maximum Gasteiger partial charge on any atom is 0.311 e. The van der Waals surface area contributed by atoms with Crippen molar-refractivity contribution in [2.24, 2.45) is 17.1 Å². The van der Waals surface area contributed by atoms with Crippen molar-refractivity contribution in [1.82, 2.24) is 0 Å². The molecular weight excluding hydrogens is 182 g/mol. The lowest BCUT2D eigenvalue weighted by Crippen LogP contribution is -2.40. The summed E-state index contributed by atoms with van der Waals surface area (Å²) in [6.07, 6.45) is 3.20. The molecule has 1 aliphatic carbocycles. The number of carbonyl (C=O) groups is 1. The fourth-order valence-electron chi connectivity index (χ4n) is 2.16. The van der Waals surface area contributed by atoms with Crippen LogP contribution in [-0.4, -0.2) is 31.3 Å². The molecule has 0 bridgehead atoms. The standard InChI is InChI=1S/C10H19NO3/c1-14-7-10(9(12)13)4-2-8(6-11)3-5-10/h8H,2-7,11H2,1H3,(H,12,13). The first-order valence-corrected chi connectivity index (χ1v) is 5.07. The summed E-state index contributed by atoms with van der Waals surface area (Å²) in [5.74, 6) is -0.228. The van der Waals surface area contributed by atoms with Crippen molar-refractivity contribution in [3.05, 3.63) is 0 Å². The topological polar surface area (TPSA) is 72.5 Å². The van der Waals surface area contributed by atoms with E-state index in [0.29, 0.717) is 31.9 Å². The fraction of sp³-hybridized carbons (Fsp3) is 0.900. The van der Waals surface area contributed by atoms with Gasteiger partial charge in [-0.3, -0.25) is 4.79 Å². The van der Waals surface area contributed by atoms with Crippen LogP contribution in [0, 0.1) is 11.3 Å². The molecule has 14 heavy (non-hydrogen) atoms. The normalized spacial score (nSPS) is 32.9. The lowest BCUT2D eigenvalue weighted by Gasteiger charge is -2.35. The number of carboxylic acids is 1. The van der Waals surface area contributed by atoms with Gasteiger partial charge in [-0.05, 0) is 38.1 Å². The largest absolute Gasteiger partial charge is 0.481 e. The Morgan fingerprint density at radius 1 is 1.57 bits per heavy atom. The van der Waals surface area contributed by atoms with Gasteiger partial charge in [0.15, 0.2) is 0 Å². The van der Waals surface area contributed by atoms with Gasteiger partial charge < -0.3 is 15.6 Å². The van der Waals surface area contributed by atoms with Gasteiger partial charge in [0.1, 0.15) is 0 Å². The molecule has 0 amide bonds. The highest BCUT2D eigenvalue weighted by molar-refractivity contribution is 5.74. The average Bonchev–Trinajstić information content (AvgIpc) is 2.19. The summed E-state index contributed by atoms with van der Waals surface area (Å²) < 4.78 is 5.00. The van der Waals surface area contributed by atoms with E-state index in [9.17, 15) is 4.79 Å². The molecule has 1 rings (SSSR count). The molecule has 1 saturated carbocycles. The Labute approximate surface area is 84.4 Å². The van der Waals surface area contributed by atoms with E-state index < -0.39 is 11.4 Å². The van der Waals surface area contributed by atoms with E-state index in [4.69, 9.17) is 15.6 Å². The highest BCUT2D eigenvalue weighted by Gasteiger charge is 2.41. The molecule has 0 aliphatic heterocycles. The van der Waals surface area contributed by atoms with Crippen LogP contribution in [0.3, 0.4) is 0 Å². The Kier molecular flexibility index (Phi) is 3.89. The summed E-state index contributed by atoms with van der Waals surface area (Å²) in [4.78, 5) is 11.1. The van der Waals surface area contributed by atoms with Crippen molar-refractivity contribution in [3.8, 4) is 0 Å². The van der Waals surface area contributed by atoms with Crippen LogP contribution in [0.25, 0.3) is 0 Å². The summed E-state index contributed by atoms with van der Waals surface area (Å²) >= 11 is 0. The van der Waals surface area contributed by atoms with Crippen molar-refractivity contribution in [3.63, 3.8) is 0 Å². The molecule has 0 aromatic carbocycles. The second-order valence-electron chi connectivity index (χ2n) is 4.20. The number of nitrogens with two attached hydrogens (primary N) is 1. The Bertz CT molecular complexity index is 198. The van der Waals surface area contributed by atoms with Gasteiger partial charge in [-0.15, -0.1) is 0 Å². The molecular formula is C10H19NO3. The Hall–Kier alpha value is -0.610. The molecule has 0 unspecified atom stereocenters. The van der Waals surface area contributed by atoms with Crippen LogP contribution in [0.4, 0.5) is 0 Å². The van der Waals surface area contributed by atoms with Crippen molar-refractivity contribution in [2.75, 3.05) is 20.3 Å². The Balaban J connectivity index is 2.59. The highest BCUT2D eigenvalue weighted by atomic mass is 16.5. The van der Waals surface area contributed by atoms with E-state index in [2.05, 4.69) is 0 Å². The summed E-state index contributed by atoms with van der Waals surface area (Å²) in [7, 11) is 1.56. The Morgan fingerprint density at radius 3 is 2.50 bits per heavy atom. The summed E-state index contributed by atoms with van der Waals surface area (Å²) in [6.45, 7) is 0.988. The predicted molar refractivity (Wildman–Crippen MR) is 53.0 cm³/mol. The van der Waals surface area contributed by atoms with Gasteiger partial charge in [0, 0.05) is 7.11 Å². The van der Waals surface area contributed by atoms with Crippen LogP contribution in [-0.2, 0) is 9.53 Å². The van der Waals surface area contributed by atoms with Crippen LogP contribution in [0.15, 0.2) is 0 Å². The predicted octanol–water partition coefficient (Wildman–Crippen LogP) is 0.853. The number of aliphatic carboxylic acids is 1. The van der Waals surface area contributed by atoms with Crippen LogP contribution >= 0.6 is 0 Å². The first-order chi connectivity index (χ1) is 6.64. The van der Waals surface area contributed by atoms with Gasteiger partial charge in [-0.2, -0.15) is 0 Å².